The lowest BCUT2D eigenvalue weighted by Crippen LogP contribution is -2.46. The smallest absolute Gasteiger partial charge is 0.229 e. The maximum atomic E-state index is 5.75. The highest BCUT2D eigenvalue weighted by Gasteiger charge is 2.22. The van der Waals surface area contributed by atoms with Crippen molar-refractivity contribution in [3.05, 3.63) is 71.8 Å². The molecule has 3 aromatic rings. The third-order valence-electron chi connectivity index (χ3n) is 6.75. The Bertz CT molecular complexity index is 1040. The van der Waals surface area contributed by atoms with E-state index < -0.39 is 0 Å². The van der Waals surface area contributed by atoms with Gasteiger partial charge < -0.3 is 20.9 Å². The molecule has 0 atom stereocenters. The minimum absolute atomic E-state index is 0.549. The summed E-state index contributed by atoms with van der Waals surface area (Å²) in [6.07, 6.45) is 3.75. The monoisotopic (exact) mass is 457 g/mol. The number of piperidine rings is 1. The molecule has 3 N–H and O–H groups in total. The fourth-order valence-corrected chi connectivity index (χ4v) is 4.73. The largest absolute Gasteiger partial charge is 0.356 e. The Morgan fingerprint density at radius 1 is 0.735 bits per heavy atom. The van der Waals surface area contributed by atoms with Crippen LogP contribution in [0.4, 0.5) is 23.3 Å². The Hall–Kier alpha value is -3.16. The summed E-state index contributed by atoms with van der Waals surface area (Å²) in [7, 11) is 0. The second-order valence-corrected chi connectivity index (χ2v) is 9.23. The Morgan fingerprint density at radius 2 is 1.47 bits per heavy atom. The van der Waals surface area contributed by atoms with Crippen LogP contribution in [0.3, 0.4) is 0 Å². The van der Waals surface area contributed by atoms with Gasteiger partial charge in [-0.3, -0.25) is 4.90 Å². The van der Waals surface area contributed by atoms with Crippen molar-refractivity contribution in [3.8, 4) is 0 Å². The lowest BCUT2D eigenvalue weighted by molar-refractivity contribution is 0.248. The third-order valence-corrected chi connectivity index (χ3v) is 6.75. The summed E-state index contributed by atoms with van der Waals surface area (Å²) in [5.41, 5.74) is 9.26. The zero-order valence-corrected chi connectivity index (χ0v) is 19.9. The van der Waals surface area contributed by atoms with Crippen LogP contribution in [-0.2, 0) is 13.1 Å². The highest BCUT2D eigenvalue weighted by molar-refractivity contribution is 5.62. The van der Waals surface area contributed by atoms with Crippen molar-refractivity contribution in [3.63, 3.8) is 0 Å². The average molecular weight is 458 g/mol. The van der Waals surface area contributed by atoms with Crippen LogP contribution in [0.5, 0.6) is 0 Å². The number of hydrogen-bond donors (Lipinski definition) is 2. The van der Waals surface area contributed by atoms with E-state index in [4.69, 9.17) is 15.7 Å². The van der Waals surface area contributed by atoms with Crippen LogP contribution >= 0.6 is 0 Å². The van der Waals surface area contributed by atoms with E-state index in [9.17, 15) is 0 Å². The molecule has 2 aromatic carbocycles. The van der Waals surface area contributed by atoms with Crippen LogP contribution in [0.2, 0.25) is 0 Å². The molecule has 0 bridgehead atoms. The number of nitrogens with two attached hydrogens (primary N) is 1. The summed E-state index contributed by atoms with van der Waals surface area (Å²) in [5.74, 6) is 2.69. The quantitative estimate of drug-likeness (QED) is 0.556. The molecule has 178 valence electrons. The molecule has 7 heteroatoms. The van der Waals surface area contributed by atoms with Gasteiger partial charge in [0.15, 0.2) is 0 Å². The molecule has 2 aliphatic heterocycles. The van der Waals surface area contributed by atoms with Gasteiger partial charge in [-0.2, -0.15) is 9.97 Å². The van der Waals surface area contributed by atoms with Crippen molar-refractivity contribution < 1.29 is 0 Å². The molecule has 2 aliphatic rings. The number of nitrogens with one attached hydrogen (secondary N) is 1. The van der Waals surface area contributed by atoms with Crippen molar-refractivity contribution in [2.75, 3.05) is 54.4 Å². The van der Waals surface area contributed by atoms with Crippen LogP contribution in [0.1, 0.15) is 30.4 Å². The van der Waals surface area contributed by atoms with Crippen LogP contribution in [0.15, 0.2) is 60.7 Å². The number of nitrogens with zero attached hydrogens (tertiary/aromatic N) is 5. The lowest BCUT2D eigenvalue weighted by Gasteiger charge is -2.35. The molecular weight excluding hydrogens is 422 g/mol. The van der Waals surface area contributed by atoms with E-state index in [-0.39, 0.29) is 0 Å². The Morgan fingerprint density at radius 3 is 2.18 bits per heavy atom. The van der Waals surface area contributed by atoms with Crippen LogP contribution in [0.25, 0.3) is 0 Å². The molecule has 0 saturated carbocycles. The van der Waals surface area contributed by atoms with Gasteiger partial charge in [0.2, 0.25) is 5.95 Å². The van der Waals surface area contributed by atoms with E-state index in [0.29, 0.717) is 6.54 Å². The number of piperazine rings is 1. The molecule has 3 heterocycles. The predicted octanol–water partition coefficient (Wildman–Crippen LogP) is 3.99. The molecule has 34 heavy (non-hydrogen) atoms. The molecule has 0 radical (unpaired) electrons. The van der Waals surface area contributed by atoms with E-state index in [0.717, 1.165) is 74.6 Å². The van der Waals surface area contributed by atoms with Crippen LogP contribution in [-0.4, -0.2) is 54.1 Å². The highest BCUT2D eigenvalue weighted by atomic mass is 15.3. The van der Waals surface area contributed by atoms with Crippen molar-refractivity contribution >= 4 is 23.3 Å². The zero-order chi connectivity index (χ0) is 23.2. The van der Waals surface area contributed by atoms with Crippen molar-refractivity contribution in [1.82, 2.24) is 14.9 Å². The van der Waals surface area contributed by atoms with E-state index >= 15 is 0 Å². The number of benzene rings is 2. The van der Waals surface area contributed by atoms with Gasteiger partial charge in [-0.25, -0.2) is 0 Å². The number of hydrogen-bond acceptors (Lipinski definition) is 7. The summed E-state index contributed by atoms with van der Waals surface area (Å²) in [6.45, 7) is 7.55. The first-order chi connectivity index (χ1) is 16.8. The van der Waals surface area contributed by atoms with E-state index in [1.54, 1.807) is 0 Å². The second-order valence-electron chi connectivity index (χ2n) is 9.23. The molecule has 0 aliphatic carbocycles. The average Bonchev–Trinajstić information content (AvgIpc) is 2.90. The molecule has 2 fully saturated rings. The van der Waals surface area contributed by atoms with Gasteiger partial charge in [-0.15, -0.1) is 0 Å². The van der Waals surface area contributed by atoms with Gasteiger partial charge in [0, 0.05) is 64.1 Å². The molecule has 0 amide bonds. The molecule has 0 unspecified atom stereocenters. The first-order valence-electron chi connectivity index (χ1n) is 12.5. The topological polar surface area (TPSA) is 73.6 Å². The van der Waals surface area contributed by atoms with Crippen molar-refractivity contribution in [1.29, 1.82) is 0 Å². The molecule has 2 saturated heterocycles. The molecule has 1 aromatic heterocycles. The molecular formula is C27H35N7. The molecule has 0 spiro atoms. The lowest BCUT2D eigenvalue weighted by atomic mass is 10.1. The number of anilines is 4. The number of rotatable bonds is 7. The minimum Gasteiger partial charge on any atom is -0.356 e. The van der Waals surface area contributed by atoms with Gasteiger partial charge in [0.05, 0.1) is 0 Å². The SMILES string of the molecule is NCc1ccc(Nc2cc(N3CCCCC3)nc(N3CCN(Cc4ccccc4)CC3)n2)cc1. The van der Waals surface area contributed by atoms with Crippen molar-refractivity contribution in [2.24, 2.45) is 5.73 Å². The third kappa shape index (κ3) is 5.66. The first kappa shape index (κ1) is 22.6. The minimum atomic E-state index is 0.549. The van der Waals surface area contributed by atoms with E-state index in [2.05, 4.69) is 80.7 Å². The van der Waals surface area contributed by atoms with Gasteiger partial charge >= 0.3 is 0 Å². The van der Waals surface area contributed by atoms with Gasteiger partial charge in [0.1, 0.15) is 11.6 Å². The van der Waals surface area contributed by atoms with E-state index in [1.165, 1.54) is 24.8 Å². The standard InChI is InChI=1S/C27H35N7/c28-20-22-9-11-24(12-10-22)29-25-19-26(33-13-5-2-6-14-33)31-27(30-25)34-17-15-32(16-18-34)21-23-7-3-1-4-8-23/h1,3-4,7-12,19H,2,5-6,13-18,20-21,28H2,(H,29,30,31). The zero-order valence-electron chi connectivity index (χ0n) is 19.9. The van der Waals surface area contributed by atoms with Crippen LogP contribution < -0.4 is 20.9 Å². The van der Waals surface area contributed by atoms with Crippen molar-refractivity contribution in [2.45, 2.75) is 32.4 Å². The fourth-order valence-electron chi connectivity index (χ4n) is 4.73. The maximum absolute atomic E-state index is 5.75. The fraction of sp³-hybridized carbons (Fsp3) is 0.407. The Balaban J connectivity index is 1.32. The van der Waals surface area contributed by atoms with Crippen LogP contribution in [0, 0.1) is 0 Å². The maximum Gasteiger partial charge on any atom is 0.229 e. The van der Waals surface area contributed by atoms with E-state index in [1.807, 2.05) is 0 Å². The molecule has 7 nitrogen and oxygen atoms in total. The summed E-state index contributed by atoms with van der Waals surface area (Å²) >= 11 is 0. The first-order valence-corrected chi connectivity index (χ1v) is 12.5. The summed E-state index contributed by atoms with van der Waals surface area (Å²) in [6, 6.07) is 21.0. The van der Waals surface area contributed by atoms with Gasteiger partial charge in [0.25, 0.3) is 0 Å². The second kappa shape index (κ2) is 10.8. The normalized spacial score (nSPS) is 17.1. The molecule has 5 rings (SSSR count). The van der Waals surface area contributed by atoms with Gasteiger partial charge in [-0.05, 0) is 42.5 Å². The summed E-state index contributed by atoms with van der Waals surface area (Å²) in [4.78, 5) is 17.2. The number of aromatic nitrogens is 2. The summed E-state index contributed by atoms with van der Waals surface area (Å²) < 4.78 is 0. The highest BCUT2D eigenvalue weighted by Crippen LogP contribution is 2.26. The van der Waals surface area contributed by atoms with Gasteiger partial charge in [-0.1, -0.05) is 42.5 Å². The summed E-state index contributed by atoms with van der Waals surface area (Å²) in [5, 5.41) is 3.50. The predicted molar refractivity (Wildman–Crippen MR) is 140 cm³/mol. The Kier molecular flexibility index (Phi) is 7.22. The Labute approximate surface area is 202 Å².